The Balaban J connectivity index is 1.73. The van der Waals surface area contributed by atoms with Crippen LogP contribution in [0.15, 0.2) is 60.7 Å². The number of hydrogen-bond donors (Lipinski definition) is 0. The molecule has 8 nitrogen and oxygen atoms in total. The second-order valence-corrected chi connectivity index (χ2v) is 9.39. The first kappa shape index (κ1) is 32.9. The van der Waals surface area contributed by atoms with Crippen LogP contribution in [-0.2, 0) is 0 Å². The minimum atomic E-state index is 0.524. The summed E-state index contributed by atoms with van der Waals surface area (Å²) in [5.74, 6) is 23.7. The summed E-state index contributed by atoms with van der Waals surface area (Å²) in [6.45, 7) is 0. The average molecular weight is 619 g/mol. The van der Waals surface area contributed by atoms with E-state index < -0.39 is 0 Å². The van der Waals surface area contributed by atoms with E-state index in [2.05, 4.69) is 35.5 Å². The first-order valence-electron chi connectivity index (χ1n) is 13.9. The molecule has 0 unspecified atom stereocenters. The van der Waals surface area contributed by atoms with Gasteiger partial charge in [-0.25, -0.2) is 0 Å². The Morgan fingerprint density at radius 3 is 0.739 bits per heavy atom. The van der Waals surface area contributed by atoms with E-state index in [1.54, 1.807) is 93.3 Å². The number of benzene rings is 4. The summed E-state index contributed by atoms with van der Waals surface area (Å²) in [7, 11) is 12.7. The van der Waals surface area contributed by atoms with Crippen molar-refractivity contribution in [2.24, 2.45) is 0 Å². The Labute approximate surface area is 270 Å². The van der Waals surface area contributed by atoms with Crippen LogP contribution in [0.1, 0.15) is 33.4 Å². The minimum Gasteiger partial charge on any atom is -0.497 e. The van der Waals surface area contributed by atoms with Gasteiger partial charge in [0.1, 0.15) is 46.0 Å². The quantitative estimate of drug-likeness (QED) is 0.224. The molecular weight excluding hydrogens is 584 g/mol. The third kappa shape index (κ3) is 7.53. The number of hydrogen-bond acceptors (Lipinski definition) is 8. The molecule has 0 N–H and O–H groups in total. The van der Waals surface area contributed by atoms with Crippen LogP contribution >= 0.6 is 0 Å². The molecule has 0 amide bonds. The predicted octanol–water partition coefficient (Wildman–Crippen LogP) is 5.95. The lowest BCUT2D eigenvalue weighted by Gasteiger charge is -2.10. The maximum atomic E-state index is 5.67. The van der Waals surface area contributed by atoms with Crippen LogP contribution in [0.5, 0.6) is 46.0 Å². The van der Waals surface area contributed by atoms with Crippen LogP contribution in [0, 0.1) is 35.5 Å². The van der Waals surface area contributed by atoms with Crippen LogP contribution in [-0.4, -0.2) is 56.9 Å². The predicted molar refractivity (Wildman–Crippen MR) is 176 cm³/mol. The molecule has 4 aromatic rings. The van der Waals surface area contributed by atoms with E-state index in [0.29, 0.717) is 79.4 Å². The van der Waals surface area contributed by atoms with Gasteiger partial charge < -0.3 is 37.9 Å². The SMILES string of the molecule is COc1ccc(OC)c(C#Cc2cc(OC)c(C#Cc3cc(OC)c(C#Cc4cc(OC)ccc4OC)cc3OC)cc2OC)c1. The van der Waals surface area contributed by atoms with Crippen molar-refractivity contribution in [1.29, 1.82) is 0 Å². The topological polar surface area (TPSA) is 73.8 Å². The van der Waals surface area contributed by atoms with Crippen LogP contribution in [0.3, 0.4) is 0 Å². The van der Waals surface area contributed by atoms with Gasteiger partial charge in [0, 0.05) is 24.3 Å². The number of ether oxygens (including phenoxy) is 8. The Hall–Kier alpha value is -6.04. The fraction of sp³-hybridized carbons (Fsp3) is 0.211. The fourth-order valence-corrected chi connectivity index (χ4v) is 4.41. The van der Waals surface area contributed by atoms with Gasteiger partial charge in [-0.1, -0.05) is 35.5 Å². The van der Waals surface area contributed by atoms with Crippen molar-refractivity contribution in [3.63, 3.8) is 0 Å². The molecule has 0 saturated heterocycles. The molecule has 0 atom stereocenters. The summed E-state index contributed by atoms with van der Waals surface area (Å²) in [5.41, 5.74) is 3.76. The van der Waals surface area contributed by atoms with Crippen LogP contribution < -0.4 is 37.9 Å². The Morgan fingerprint density at radius 1 is 0.283 bits per heavy atom. The van der Waals surface area contributed by atoms with Gasteiger partial charge in [-0.2, -0.15) is 0 Å². The molecule has 234 valence electrons. The fourth-order valence-electron chi connectivity index (χ4n) is 4.41. The molecule has 0 spiro atoms. The summed E-state index contributed by atoms with van der Waals surface area (Å²) in [4.78, 5) is 0. The van der Waals surface area contributed by atoms with E-state index in [-0.39, 0.29) is 0 Å². The summed E-state index contributed by atoms with van der Waals surface area (Å²) in [6.07, 6.45) is 0. The highest BCUT2D eigenvalue weighted by Gasteiger charge is 2.12. The first-order valence-corrected chi connectivity index (χ1v) is 13.9. The van der Waals surface area contributed by atoms with Crippen molar-refractivity contribution in [2.75, 3.05) is 56.9 Å². The van der Waals surface area contributed by atoms with Crippen molar-refractivity contribution >= 4 is 0 Å². The maximum absolute atomic E-state index is 5.67. The van der Waals surface area contributed by atoms with Gasteiger partial charge in [0.15, 0.2) is 0 Å². The molecule has 0 aliphatic heterocycles. The lowest BCUT2D eigenvalue weighted by molar-refractivity contribution is 0.400. The first-order chi connectivity index (χ1) is 22.4. The van der Waals surface area contributed by atoms with Gasteiger partial charge in [-0.3, -0.25) is 0 Å². The minimum absolute atomic E-state index is 0.524. The summed E-state index contributed by atoms with van der Waals surface area (Å²) in [5, 5.41) is 0. The van der Waals surface area contributed by atoms with Gasteiger partial charge in [0.2, 0.25) is 0 Å². The second kappa shape index (κ2) is 15.6. The van der Waals surface area contributed by atoms with E-state index >= 15 is 0 Å². The molecule has 0 radical (unpaired) electrons. The molecule has 0 saturated carbocycles. The van der Waals surface area contributed by atoms with Gasteiger partial charge in [-0.05, 0) is 36.4 Å². The maximum Gasteiger partial charge on any atom is 0.136 e. The lowest BCUT2D eigenvalue weighted by Crippen LogP contribution is -1.96. The van der Waals surface area contributed by atoms with Gasteiger partial charge in [0.05, 0.1) is 90.3 Å². The molecule has 0 fully saturated rings. The van der Waals surface area contributed by atoms with Crippen molar-refractivity contribution in [1.82, 2.24) is 0 Å². The zero-order valence-corrected chi connectivity index (χ0v) is 27.0. The van der Waals surface area contributed by atoms with Crippen molar-refractivity contribution in [3.05, 3.63) is 94.0 Å². The Bertz CT molecular complexity index is 1770. The molecule has 0 aliphatic rings. The zero-order valence-electron chi connectivity index (χ0n) is 27.0. The van der Waals surface area contributed by atoms with E-state index in [9.17, 15) is 0 Å². The molecule has 0 aromatic heterocycles. The molecule has 0 bridgehead atoms. The van der Waals surface area contributed by atoms with Crippen LogP contribution in [0.4, 0.5) is 0 Å². The average Bonchev–Trinajstić information content (AvgIpc) is 3.11. The molecule has 4 rings (SSSR count). The van der Waals surface area contributed by atoms with Gasteiger partial charge >= 0.3 is 0 Å². The highest BCUT2D eigenvalue weighted by atomic mass is 16.5. The summed E-state index contributed by atoms with van der Waals surface area (Å²) in [6, 6.07) is 18.0. The van der Waals surface area contributed by atoms with Crippen molar-refractivity contribution in [3.8, 4) is 81.5 Å². The van der Waals surface area contributed by atoms with E-state index in [0.717, 1.165) is 0 Å². The lowest BCUT2D eigenvalue weighted by atomic mass is 10.1. The second-order valence-electron chi connectivity index (χ2n) is 9.39. The molecule has 46 heavy (non-hydrogen) atoms. The molecule has 8 heteroatoms. The van der Waals surface area contributed by atoms with Crippen LogP contribution in [0.25, 0.3) is 0 Å². The summed E-state index contributed by atoms with van der Waals surface area (Å²) >= 11 is 0. The number of rotatable bonds is 8. The smallest absolute Gasteiger partial charge is 0.136 e. The largest absolute Gasteiger partial charge is 0.497 e. The number of methoxy groups -OCH3 is 8. The molecular formula is C38H34O8. The third-order valence-electron chi connectivity index (χ3n) is 6.85. The monoisotopic (exact) mass is 618 g/mol. The Kier molecular flexibility index (Phi) is 11.2. The van der Waals surface area contributed by atoms with Crippen LogP contribution in [0.2, 0.25) is 0 Å². The molecule has 4 aromatic carbocycles. The van der Waals surface area contributed by atoms with Gasteiger partial charge in [-0.15, -0.1) is 0 Å². The normalized spacial score (nSPS) is 9.65. The van der Waals surface area contributed by atoms with Gasteiger partial charge in [0.25, 0.3) is 0 Å². The zero-order chi connectivity index (χ0) is 33.1. The van der Waals surface area contributed by atoms with E-state index in [1.807, 2.05) is 24.3 Å². The summed E-state index contributed by atoms with van der Waals surface area (Å²) < 4.78 is 44.2. The van der Waals surface area contributed by atoms with E-state index in [4.69, 9.17) is 37.9 Å². The molecule has 0 aliphatic carbocycles. The van der Waals surface area contributed by atoms with Crippen molar-refractivity contribution in [2.45, 2.75) is 0 Å². The van der Waals surface area contributed by atoms with E-state index in [1.165, 1.54) is 0 Å². The highest BCUT2D eigenvalue weighted by Crippen LogP contribution is 2.31. The Morgan fingerprint density at radius 2 is 0.522 bits per heavy atom. The third-order valence-corrected chi connectivity index (χ3v) is 6.85. The highest BCUT2D eigenvalue weighted by molar-refractivity contribution is 5.65. The standard InChI is InChI=1S/C38H34O8/c1-39-31-15-17-33(41-3)25(19-31)9-11-27-21-37(45-7)29(23-35(27)43-5)13-14-30-24-36(44-6)28(22-38(30)46-8)12-10-26-20-32(40-2)16-18-34(26)42-4/h15-24H,1-8H3. The molecule has 0 heterocycles. The van der Waals surface area contributed by atoms with Crippen molar-refractivity contribution < 1.29 is 37.9 Å².